The fourth-order valence-corrected chi connectivity index (χ4v) is 3.99. The van der Waals surface area contributed by atoms with Gasteiger partial charge in [0.1, 0.15) is 11.4 Å². The first kappa shape index (κ1) is 26.0. The molecule has 10 heteroatoms. The van der Waals surface area contributed by atoms with E-state index in [2.05, 4.69) is 31.1 Å². The molecule has 3 aromatic heterocycles. The van der Waals surface area contributed by atoms with Crippen LogP contribution in [0, 0.1) is 13.8 Å². The monoisotopic (exact) mass is 530 g/mol. The Morgan fingerprint density at radius 3 is 2.25 bits per heavy atom. The molecule has 2 aromatic carbocycles. The molecule has 5 aromatic rings. The number of hydrazine groups is 1. The summed E-state index contributed by atoms with van der Waals surface area (Å²) in [5.74, 6) is -0.813. The largest absolute Gasteiger partial charge is 0.317 e. The second-order valence-corrected chi connectivity index (χ2v) is 8.89. The minimum Gasteiger partial charge on any atom is -0.317 e. The lowest BCUT2D eigenvalue weighted by Crippen LogP contribution is -2.38. The molecule has 0 aliphatic carbocycles. The molecule has 2 amide bonds. The van der Waals surface area contributed by atoms with E-state index in [9.17, 15) is 9.59 Å². The van der Waals surface area contributed by atoms with Gasteiger partial charge in [-0.05, 0) is 62.4 Å². The molecule has 0 saturated heterocycles. The number of benzene rings is 2. The number of aryl methyl sites for hydroxylation is 2. The third-order valence-electron chi connectivity index (χ3n) is 5.80. The number of hydrogen-bond donors (Lipinski definition) is 3. The van der Waals surface area contributed by atoms with Gasteiger partial charge in [-0.2, -0.15) is 5.10 Å². The maximum Gasteiger partial charge on any atom is 0.286 e. The topological polar surface area (TPSA) is 127 Å². The predicted octanol–water partition coefficient (Wildman–Crippen LogP) is 4.26. The van der Waals surface area contributed by atoms with E-state index in [-0.39, 0.29) is 11.6 Å². The van der Waals surface area contributed by atoms with E-state index >= 15 is 0 Å². The highest BCUT2D eigenvalue weighted by molar-refractivity contribution is 6.05. The van der Waals surface area contributed by atoms with Gasteiger partial charge in [-0.15, -0.1) is 0 Å². The summed E-state index contributed by atoms with van der Waals surface area (Å²) in [6, 6.07) is 23.8. The van der Waals surface area contributed by atoms with Gasteiger partial charge in [-0.25, -0.2) is 14.6 Å². The first-order valence-corrected chi connectivity index (χ1v) is 12.5. The third kappa shape index (κ3) is 6.25. The minimum absolute atomic E-state index is 0.0107. The molecule has 3 heterocycles. The van der Waals surface area contributed by atoms with E-state index in [1.807, 2.05) is 68.4 Å². The zero-order valence-corrected chi connectivity index (χ0v) is 21.9. The van der Waals surface area contributed by atoms with Gasteiger partial charge < -0.3 is 5.32 Å². The molecule has 40 heavy (non-hydrogen) atoms. The van der Waals surface area contributed by atoms with Crippen molar-refractivity contribution in [3.63, 3.8) is 0 Å². The van der Waals surface area contributed by atoms with Gasteiger partial charge in [0.2, 0.25) is 5.95 Å². The van der Waals surface area contributed by atoms with Crippen molar-refractivity contribution in [3.8, 4) is 16.9 Å². The van der Waals surface area contributed by atoms with Gasteiger partial charge in [0, 0.05) is 46.7 Å². The number of hydrogen-bond acceptors (Lipinski definition) is 7. The maximum atomic E-state index is 13.4. The molecule has 198 valence electrons. The first-order valence-electron chi connectivity index (χ1n) is 12.5. The summed E-state index contributed by atoms with van der Waals surface area (Å²) in [5.41, 5.74) is 9.97. The summed E-state index contributed by atoms with van der Waals surface area (Å²) in [4.78, 5) is 39.3. The molecule has 0 aliphatic heterocycles. The van der Waals surface area contributed by atoms with Gasteiger partial charge in [0.15, 0.2) is 0 Å². The van der Waals surface area contributed by atoms with Gasteiger partial charge in [-0.1, -0.05) is 36.4 Å². The van der Waals surface area contributed by atoms with Crippen LogP contribution in [0.15, 0.2) is 103 Å². The molecule has 0 atom stereocenters. The minimum atomic E-state index is -0.600. The Bertz CT molecular complexity index is 1650. The standard InChI is InChI=1S/C30H26N8O2/c1-20-16-21(2)33-30(32-20)36-35-29(40)26(34-28(39)22-10-5-3-6-11-22)17-24-19-38(25-13-7-4-8-14-25)37-27(24)23-12-9-15-31-18-23/h3-19H,1-2H3,(H,34,39)(H,35,40)(H,32,33,36). The number of anilines is 1. The van der Waals surface area contributed by atoms with Gasteiger partial charge >= 0.3 is 0 Å². The maximum absolute atomic E-state index is 13.4. The van der Waals surface area contributed by atoms with Crippen LogP contribution in [0.5, 0.6) is 0 Å². The van der Waals surface area contributed by atoms with Crippen LogP contribution in [0.25, 0.3) is 23.0 Å². The lowest BCUT2D eigenvalue weighted by atomic mass is 10.1. The molecule has 0 aliphatic rings. The van der Waals surface area contributed by atoms with Crippen LogP contribution < -0.4 is 16.2 Å². The molecule has 0 saturated carbocycles. The van der Waals surface area contributed by atoms with Crippen LogP contribution in [0.4, 0.5) is 5.95 Å². The Labute approximate surface area is 230 Å². The predicted molar refractivity (Wildman–Crippen MR) is 152 cm³/mol. The van der Waals surface area contributed by atoms with Crippen LogP contribution in [0.2, 0.25) is 0 Å². The van der Waals surface area contributed by atoms with Gasteiger partial charge in [0.05, 0.1) is 5.69 Å². The van der Waals surface area contributed by atoms with Crippen LogP contribution in [-0.2, 0) is 4.79 Å². The average Bonchev–Trinajstić information content (AvgIpc) is 3.40. The van der Waals surface area contributed by atoms with Crippen molar-refractivity contribution in [1.29, 1.82) is 0 Å². The summed E-state index contributed by atoms with van der Waals surface area (Å²) >= 11 is 0. The molecule has 5 rings (SSSR count). The first-order chi connectivity index (χ1) is 19.5. The number of pyridine rings is 1. The van der Waals surface area contributed by atoms with E-state index in [0.29, 0.717) is 16.8 Å². The SMILES string of the molecule is Cc1cc(C)nc(NNC(=O)C(=Cc2cn(-c3ccccc3)nc2-c2cccnc2)NC(=O)c2ccccc2)n1. The summed E-state index contributed by atoms with van der Waals surface area (Å²) in [6.07, 6.45) is 6.73. The van der Waals surface area contributed by atoms with Crippen molar-refractivity contribution >= 4 is 23.8 Å². The highest BCUT2D eigenvalue weighted by Crippen LogP contribution is 2.25. The third-order valence-corrected chi connectivity index (χ3v) is 5.80. The van der Waals surface area contributed by atoms with E-state index in [0.717, 1.165) is 22.6 Å². The van der Waals surface area contributed by atoms with Crippen LogP contribution in [0.1, 0.15) is 27.3 Å². The summed E-state index contributed by atoms with van der Waals surface area (Å²) in [5, 5.41) is 7.51. The lowest BCUT2D eigenvalue weighted by molar-refractivity contribution is -0.117. The van der Waals surface area contributed by atoms with Crippen molar-refractivity contribution in [1.82, 2.24) is 35.5 Å². The molecule has 0 radical (unpaired) electrons. The number of rotatable bonds is 8. The molecular weight excluding hydrogens is 504 g/mol. The molecule has 0 bridgehead atoms. The highest BCUT2D eigenvalue weighted by atomic mass is 16.2. The smallest absolute Gasteiger partial charge is 0.286 e. The Kier molecular flexibility index (Phi) is 7.68. The average molecular weight is 531 g/mol. The van der Waals surface area contributed by atoms with E-state index in [1.165, 1.54) is 0 Å². The van der Waals surface area contributed by atoms with Crippen molar-refractivity contribution in [2.45, 2.75) is 13.8 Å². The van der Waals surface area contributed by atoms with Gasteiger partial charge in [0.25, 0.3) is 11.8 Å². The summed E-state index contributed by atoms with van der Waals surface area (Å²) in [6.45, 7) is 3.66. The Morgan fingerprint density at radius 1 is 0.875 bits per heavy atom. The van der Waals surface area contributed by atoms with Crippen molar-refractivity contribution in [3.05, 3.63) is 126 Å². The van der Waals surface area contributed by atoms with Gasteiger partial charge in [-0.3, -0.25) is 25.4 Å². The number of amides is 2. The second-order valence-electron chi connectivity index (χ2n) is 8.89. The molecular formula is C30H26N8O2. The number of nitrogens with one attached hydrogen (secondary N) is 3. The quantitative estimate of drug-likeness (QED) is 0.202. The number of nitrogens with zero attached hydrogens (tertiary/aromatic N) is 5. The van der Waals surface area contributed by atoms with Crippen molar-refractivity contribution < 1.29 is 9.59 Å². The Morgan fingerprint density at radius 2 is 1.57 bits per heavy atom. The molecule has 0 unspecified atom stereocenters. The van der Waals surface area contributed by atoms with Crippen LogP contribution in [-0.4, -0.2) is 36.5 Å². The number of aromatic nitrogens is 5. The fraction of sp³-hybridized carbons (Fsp3) is 0.0667. The number of carbonyl (C=O) groups excluding carboxylic acids is 2. The number of para-hydroxylation sites is 1. The normalized spacial score (nSPS) is 11.1. The Balaban J connectivity index is 1.53. The fourth-order valence-electron chi connectivity index (χ4n) is 3.99. The lowest BCUT2D eigenvalue weighted by Gasteiger charge is -2.12. The van der Waals surface area contributed by atoms with E-state index in [1.54, 1.807) is 53.6 Å². The molecule has 0 fully saturated rings. The van der Waals surface area contributed by atoms with Crippen LogP contribution in [0.3, 0.4) is 0 Å². The van der Waals surface area contributed by atoms with Crippen molar-refractivity contribution in [2.24, 2.45) is 0 Å². The van der Waals surface area contributed by atoms with Crippen molar-refractivity contribution in [2.75, 3.05) is 5.43 Å². The molecule has 10 nitrogen and oxygen atoms in total. The highest BCUT2D eigenvalue weighted by Gasteiger charge is 2.18. The molecule has 0 spiro atoms. The van der Waals surface area contributed by atoms with E-state index in [4.69, 9.17) is 5.10 Å². The zero-order valence-electron chi connectivity index (χ0n) is 21.9. The zero-order chi connectivity index (χ0) is 27.9. The van der Waals surface area contributed by atoms with Crippen LogP contribution >= 0.6 is 0 Å². The van der Waals surface area contributed by atoms with E-state index < -0.39 is 11.8 Å². The summed E-state index contributed by atoms with van der Waals surface area (Å²) < 4.78 is 1.71. The Hall–Kier alpha value is -5.64. The summed E-state index contributed by atoms with van der Waals surface area (Å²) in [7, 11) is 0. The second kappa shape index (κ2) is 11.8. The molecule has 3 N–H and O–H groups in total. The number of carbonyl (C=O) groups is 2.